The summed E-state index contributed by atoms with van der Waals surface area (Å²) in [6.45, 7) is 0. The number of halogens is 1. The standard InChI is InChI=1S/C15H10FN5OS/c16-11-3-1-2-9(4-11)14-20-12(7-22-14)8-23-15-19-6-10(5-17)13(18)21-15/h1-4,6-7H,8H2,(H2,18,19,21). The summed E-state index contributed by atoms with van der Waals surface area (Å²) >= 11 is 1.31. The van der Waals surface area contributed by atoms with Crippen molar-refractivity contribution in [1.29, 1.82) is 5.26 Å². The van der Waals surface area contributed by atoms with Crippen LogP contribution in [0.25, 0.3) is 11.5 Å². The predicted molar refractivity (Wildman–Crippen MR) is 82.6 cm³/mol. The first-order chi connectivity index (χ1) is 11.2. The number of hydrogen-bond donors (Lipinski definition) is 1. The Balaban J connectivity index is 1.70. The molecular weight excluding hydrogens is 317 g/mol. The molecule has 0 fully saturated rings. The van der Waals surface area contributed by atoms with Gasteiger partial charge in [-0.25, -0.2) is 19.3 Å². The number of hydrogen-bond acceptors (Lipinski definition) is 7. The van der Waals surface area contributed by atoms with Crippen LogP contribution < -0.4 is 5.73 Å². The van der Waals surface area contributed by atoms with Crippen LogP contribution in [-0.4, -0.2) is 15.0 Å². The molecule has 0 aliphatic rings. The Morgan fingerprint density at radius 3 is 2.96 bits per heavy atom. The maximum atomic E-state index is 13.2. The van der Waals surface area contributed by atoms with E-state index in [-0.39, 0.29) is 17.2 Å². The third kappa shape index (κ3) is 3.46. The molecule has 2 heterocycles. The third-order valence-electron chi connectivity index (χ3n) is 2.89. The smallest absolute Gasteiger partial charge is 0.226 e. The second-order valence-electron chi connectivity index (χ2n) is 4.51. The van der Waals surface area contributed by atoms with E-state index in [1.54, 1.807) is 12.1 Å². The average molecular weight is 327 g/mol. The number of nitriles is 1. The lowest BCUT2D eigenvalue weighted by Gasteiger charge is -2.00. The number of aromatic nitrogens is 3. The minimum absolute atomic E-state index is 0.144. The van der Waals surface area contributed by atoms with Crippen molar-refractivity contribution in [2.24, 2.45) is 0 Å². The molecule has 0 aliphatic carbocycles. The van der Waals surface area contributed by atoms with Crippen molar-refractivity contribution in [2.75, 3.05) is 5.73 Å². The molecule has 6 nitrogen and oxygen atoms in total. The Morgan fingerprint density at radius 2 is 2.22 bits per heavy atom. The van der Waals surface area contributed by atoms with Crippen molar-refractivity contribution < 1.29 is 8.81 Å². The van der Waals surface area contributed by atoms with E-state index in [4.69, 9.17) is 15.4 Å². The van der Waals surface area contributed by atoms with E-state index in [2.05, 4.69) is 15.0 Å². The van der Waals surface area contributed by atoms with Crippen LogP contribution in [0, 0.1) is 17.1 Å². The fraction of sp³-hybridized carbons (Fsp3) is 0.0667. The summed E-state index contributed by atoms with van der Waals surface area (Å²) in [5, 5.41) is 9.22. The maximum absolute atomic E-state index is 13.2. The van der Waals surface area contributed by atoms with Gasteiger partial charge in [-0.15, -0.1) is 0 Å². The van der Waals surface area contributed by atoms with Crippen molar-refractivity contribution in [3.63, 3.8) is 0 Å². The van der Waals surface area contributed by atoms with Gasteiger partial charge in [0.25, 0.3) is 0 Å². The summed E-state index contributed by atoms with van der Waals surface area (Å²) < 4.78 is 18.6. The van der Waals surface area contributed by atoms with E-state index in [9.17, 15) is 4.39 Å². The molecule has 0 radical (unpaired) electrons. The molecule has 0 amide bonds. The molecule has 114 valence electrons. The lowest BCUT2D eigenvalue weighted by atomic mass is 10.2. The van der Waals surface area contributed by atoms with Gasteiger partial charge in [0, 0.05) is 11.3 Å². The SMILES string of the molecule is N#Cc1cnc(SCc2coc(-c3cccc(F)c3)n2)nc1N. The lowest BCUT2D eigenvalue weighted by molar-refractivity contribution is 0.571. The van der Waals surface area contributed by atoms with Crippen LogP contribution >= 0.6 is 11.8 Å². The van der Waals surface area contributed by atoms with E-state index in [0.717, 1.165) is 0 Å². The van der Waals surface area contributed by atoms with E-state index >= 15 is 0 Å². The lowest BCUT2D eigenvalue weighted by Crippen LogP contribution is -1.98. The number of rotatable bonds is 4. The highest BCUT2D eigenvalue weighted by Crippen LogP contribution is 2.24. The van der Waals surface area contributed by atoms with Gasteiger partial charge in [0.1, 0.15) is 29.5 Å². The summed E-state index contributed by atoms with van der Waals surface area (Å²) in [5.41, 5.74) is 7.12. The summed E-state index contributed by atoms with van der Waals surface area (Å²) in [6, 6.07) is 7.93. The van der Waals surface area contributed by atoms with Gasteiger partial charge in [0.15, 0.2) is 5.16 Å². The van der Waals surface area contributed by atoms with Crippen LogP contribution in [0.5, 0.6) is 0 Å². The molecule has 0 spiro atoms. The Bertz CT molecular complexity index is 890. The van der Waals surface area contributed by atoms with Crippen molar-refractivity contribution in [2.45, 2.75) is 10.9 Å². The van der Waals surface area contributed by atoms with E-state index in [0.29, 0.717) is 28.1 Å². The molecule has 0 saturated carbocycles. The quantitative estimate of drug-likeness (QED) is 0.580. The van der Waals surface area contributed by atoms with Crippen LogP contribution in [0.2, 0.25) is 0 Å². The number of thioether (sulfide) groups is 1. The molecular formula is C15H10FN5OS. The second-order valence-corrected chi connectivity index (χ2v) is 5.45. The average Bonchev–Trinajstić information content (AvgIpc) is 3.02. The van der Waals surface area contributed by atoms with E-state index in [1.165, 1.54) is 36.4 Å². The van der Waals surface area contributed by atoms with Crippen LogP contribution in [-0.2, 0) is 5.75 Å². The summed E-state index contributed by atoms with van der Waals surface area (Å²) in [7, 11) is 0. The van der Waals surface area contributed by atoms with Gasteiger partial charge in [-0.2, -0.15) is 5.26 Å². The zero-order valence-electron chi connectivity index (χ0n) is 11.7. The molecule has 0 unspecified atom stereocenters. The summed E-state index contributed by atoms with van der Waals surface area (Å²) in [6.07, 6.45) is 2.88. The molecule has 0 bridgehead atoms. The van der Waals surface area contributed by atoms with Crippen LogP contribution in [0.15, 0.2) is 46.3 Å². The van der Waals surface area contributed by atoms with Crippen LogP contribution in [0.3, 0.4) is 0 Å². The molecule has 0 atom stereocenters. The molecule has 2 N–H and O–H groups in total. The van der Waals surface area contributed by atoms with Gasteiger partial charge in [0.05, 0.1) is 11.9 Å². The monoisotopic (exact) mass is 327 g/mol. The summed E-state index contributed by atoms with van der Waals surface area (Å²) in [4.78, 5) is 12.4. The number of oxazole rings is 1. The number of anilines is 1. The fourth-order valence-corrected chi connectivity index (χ4v) is 2.50. The zero-order valence-corrected chi connectivity index (χ0v) is 12.5. The first-order valence-corrected chi connectivity index (χ1v) is 7.50. The Labute approximate surface area is 135 Å². The second kappa shape index (κ2) is 6.46. The van der Waals surface area contributed by atoms with Gasteiger partial charge in [-0.05, 0) is 18.2 Å². The number of nitrogens with zero attached hydrogens (tertiary/aromatic N) is 4. The van der Waals surface area contributed by atoms with Crippen LogP contribution in [0.4, 0.5) is 10.2 Å². The topological polar surface area (TPSA) is 102 Å². The molecule has 3 aromatic rings. The Morgan fingerprint density at radius 1 is 1.35 bits per heavy atom. The minimum Gasteiger partial charge on any atom is -0.444 e. The number of benzene rings is 1. The normalized spacial score (nSPS) is 10.4. The van der Waals surface area contributed by atoms with Crippen molar-refractivity contribution in [3.8, 4) is 17.5 Å². The molecule has 0 saturated heterocycles. The van der Waals surface area contributed by atoms with Gasteiger partial charge >= 0.3 is 0 Å². The fourth-order valence-electron chi connectivity index (χ4n) is 1.80. The zero-order chi connectivity index (χ0) is 16.2. The molecule has 1 aromatic carbocycles. The van der Waals surface area contributed by atoms with Gasteiger partial charge in [-0.1, -0.05) is 17.8 Å². The van der Waals surface area contributed by atoms with Crippen molar-refractivity contribution in [1.82, 2.24) is 15.0 Å². The number of nitrogens with two attached hydrogens (primary N) is 1. The van der Waals surface area contributed by atoms with E-state index < -0.39 is 0 Å². The molecule has 8 heteroatoms. The number of nitrogen functional groups attached to an aromatic ring is 1. The highest BCUT2D eigenvalue weighted by Gasteiger charge is 2.10. The summed E-state index contributed by atoms with van der Waals surface area (Å²) in [5.74, 6) is 0.605. The Kier molecular flexibility index (Phi) is 4.21. The molecule has 3 rings (SSSR count). The minimum atomic E-state index is -0.349. The van der Waals surface area contributed by atoms with Gasteiger partial charge < -0.3 is 10.2 Å². The first kappa shape index (κ1) is 15.0. The maximum Gasteiger partial charge on any atom is 0.226 e. The third-order valence-corrected chi connectivity index (χ3v) is 3.78. The van der Waals surface area contributed by atoms with Crippen molar-refractivity contribution >= 4 is 17.6 Å². The molecule has 0 aliphatic heterocycles. The highest BCUT2D eigenvalue weighted by atomic mass is 32.2. The molecule has 2 aromatic heterocycles. The van der Waals surface area contributed by atoms with Crippen LogP contribution in [0.1, 0.15) is 11.3 Å². The predicted octanol–water partition coefficient (Wildman–Crippen LogP) is 3.02. The highest BCUT2D eigenvalue weighted by molar-refractivity contribution is 7.98. The Hall–Kier alpha value is -2.92. The van der Waals surface area contributed by atoms with Crippen molar-refractivity contribution in [3.05, 3.63) is 53.8 Å². The van der Waals surface area contributed by atoms with Gasteiger partial charge in [-0.3, -0.25) is 0 Å². The first-order valence-electron chi connectivity index (χ1n) is 6.51. The van der Waals surface area contributed by atoms with Gasteiger partial charge in [0.2, 0.25) is 5.89 Å². The molecule has 23 heavy (non-hydrogen) atoms. The van der Waals surface area contributed by atoms with E-state index in [1.807, 2.05) is 6.07 Å². The largest absolute Gasteiger partial charge is 0.444 e.